The predicted octanol–water partition coefficient (Wildman–Crippen LogP) is 4.35. The molecule has 184 valence electrons. The molecule has 1 fully saturated rings. The van der Waals surface area contributed by atoms with Gasteiger partial charge in [0.1, 0.15) is 13.2 Å². The Hall–Kier alpha value is -3.79. The number of thioether (sulfide) groups is 1. The van der Waals surface area contributed by atoms with Crippen molar-refractivity contribution in [3.05, 3.63) is 64.1 Å². The second kappa shape index (κ2) is 11.6. The summed E-state index contributed by atoms with van der Waals surface area (Å²) in [5.74, 6) is -1.30. The fraction of sp³-hybridized carbons (Fsp3) is 0.280. The Labute approximate surface area is 206 Å². The van der Waals surface area contributed by atoms with Crippen LogP contribution in [0, 0.1) is 0 Å². The van der Waals surface area contributed by atoms with Crippen molar-refractivity contribution in [2.45, 2.75) is 33.5 Å². The summed E-state index contributed by atoms with van der Waals surface area (Å²) in [6.07, 6.45) is 1.20. The monoisotopic (exact) mass is 499 g/mol. The fourth-order valence-electron chi connectivity index (χ4n) is 3.12. The standard InChI is InChI=1S/C25H25NO8S/c1-4-32-20-11-17(7-10-19(20)33-14-16-5-8-18(9-6-16)24(29)30)12-21-23(28)26(25(31)35-21)13-22(27)34-15(2)3/h5-12,15H,4,13-14H2,1-3H3,(H,29,30)/b21-12+. The van der Waals surface area contributed by atoms with Gasteiger partial charge in [-0.2, -0.15) is 0 Å². The topological polar surface area (TPSA) is 119 Å². The summed E-state index contributed by atoms with van der Waals surface area (Å²) in [5.41, 5.74) is 1.59. The molecule has 35 heavy (non-hydrogen) atoms. The van der Waals surface area contributed by atoms with Gasteiger partial charge < -0.3 is 19.3 Å². The van der Waals surface area contributed by atoms with Crippen molar-refractivity contribution in [2.24, 2.45) is 0 Å². The highest BCUT2D eigenvalue weighted by Gasteiger charge is 2.36. The normalized spacial score (nSPS) is 14.5. The molecular formula is C25H25NO8S. The van der Waals surface area contributed by atoms with Gasteiger partial charge in [-0.1, -0.05) is 18.2 Å². The third kappa shape index (κ3) is 6.86. The lowest BCUT2D eigenvalue weighted by molar-refractivity contribution is -0.149. The Morgan fingerprint density at radius 3 is 2.40 bits per heavy atom. The van der Waals surface area contributed by atoms with E-state index in [9.17, 15) is 19.2 Å². The van der Waals surface area contributed by atoms with E-state index in [1.54, 1.807) is 50.3 Å². The maximum Gasteiger partial charge on any atom is 0.335 e. The highest BCUT2D eigenvalue weighted by atomic mass is 32.2. The third-order valence-corrected chi connectivity index (χ3v) is 5.60. The number of carbonyl (C=O) groups excluding carboxylic acids is 3. The van der Waals surface area contributed by atoms with E-state index in [2.05, 4.69) is 0 Å². The van der Waals surface area contributed by atoms with Crippen LogP contribution in [0.25, 0.3) is 6.08 Å². The van der Waals surface area contributed by atoms with Crippen LogP contribution >= 0.6 is 11.8 Å². The van der Waals surface area contributed by atoms with Crippen molar-refractivity contribution in [3.63, 3.8) is 0 Å². The van der Waals surface area contributed by atoms with Crippen LogP contribution in [-0.4, -0.2) is 52.3 Å². The SMILES string of the molecule is CCOc1cc(/C=C2/SC(=O)N(CC(=O)OC(C)C)C2=O)ccc1OCc1ccc(C(=O)O)cc1. The van der Waals surface area contributed by atoms with E-state index in [0.29, 0.717) is 23.7 Å². The molecular weight excluding hydrogens is 474 g/mol. The van der Waals surface area contributed by atoms with Gasteiger partial charge in [0.2, 0.25) is 0 Å². The Balaban J connectivity index is 1.73. The van der Waals surface area contributed by atoms with Gasteiger partial charge in [0.05, 0.1) is 23.2 Å². The molecule has 1 heterocycles. The third-order valence-electron chi connectivity index (χ3n) is 4.69. The first-order valence-corrected chi connectivity index (χ1v) is 11.7. The first-order valence-electron chi connectivity index (χ1n) is 10.8. The van der Waals surface area contributed by atoms with E-state index < -0.39 is 29.6 Å². The molecule has 9 nitrogen and oxygen atoms in total. The number of imide groups is 1. The summed E-state index contributed by atoms with van der Waals surface area (Å²) < 4.78 is 16.5. The summed E-state index contributed by atoms with van der Waals surface area (Å²) in [5, 5.41) is 8.46. The molecule has 10 heteroatoms. The highest BCUT2D eigenvalue weighted by Crippen LogP contribution is 2.35. The number of carboxylic acid groups (broad SMARTS) is 1. The minimum Gasteiger partial charge on any atom is -0.490 e. The number of aromatic carboxylic acids is 1. The van der Waals surface area contributed by atoms with Crippen molar-refractivity contribution >= 4 is 40.9 Å². The molecule has 0 bridgehead atoms. The zero-order valence-electron chi connectivity index (χ0n) is 19.5. The number of hydrogen-bond acceptors (Lipinski definition) is 8. The average Bonchev–Trinajstić information content (AvgIpc) is 3.05. The second-order valence-corrected chi connectivity index (χ2v) is 8.73. The van der Waals surface area contributed by atoms with Gasteiger partial charge in [-0.05, 0) is 74.0 Å². The number of rotatable bonds is 10. The van der Waals surface area contributed by atoms with Gasteiger partial charge >= 0.3 is 11.9 Å². The van der Waals surface area contributed by atoms with E-state index in [1.165, 1.54) is 12.1 Å². The summed E-state index contributed by atoms with van der Waals surface area (Å²) >= 11 is 0.748. The van der Waals surface area contributed by atoms with Crippen LogP contribution in [0.1, 0.15) is 42.3 Å². The maximum absolute atomic E-state index is 12.7. The molecule has 2 aromatic carbocycles. The molecule has 1 N–H and O–H groups in total. The molecule has 0 unspecified atom stereocenters. The lowest BCUT2D eigenvalue weighted by atomic mass is 10.1. The summed E-state index contributed by atoms with van der Waals surface area (Å²) in [7, 11) is 0. The highest BCUT2D eigenvalue weighted by molar-refractivity contribution is 8.18. The minimum absolute atomic E-state index is 0.182. The quantitative estimate of drug-likeness (QED) is 0.376. The minimum atomic E-state index is -1.000. The molecule has 2 amide bonds. The fourth-order valence-corrected chi connectivity index (χ4v) is 3.96. The number of amides is 2. The number of ether oxygens (including phenoxy) is 3. The largest absolute Gasteiger partial charge is 0.490 e. The van der Waals surface area contributed by atoms with E-state index in [-0.39, 0.29) is 23.2 Å². The predicted molar refractivity (Wildman–Crippen MR) is 129 cm³/mol. The number of benzene rings is 2. The zero-order valence-corrected chi connectivity index (χ0v) is 20.3. The molecule has 0 saturated carbocycles. The van der Waals surface area contributed by atoms with Crippen molar-refractivity contribution in [1.29, 1.82) is 0 Å². The van der Waals surface area contributed by atoms with Gasteiger partial charge in [0.15, 0.2) is 11.5 Å². The molecule has 2 aromatic rings. The van der Waals surface area contributed by atoms with Gasteiger partial charge in [0.25, 0.3) is 11.1 Å². The van der Waals surface area contributed by atoms with Crippen molar-refractivity contribution in [2.75, 3.05) is 13.2 Å². The first-order chi connectivity index (χ1) is 16.7. The summed E-state index contributed by atoms with van der Waals surface area (Å²) in [6.45, 7) is 5.33. The van der Waals surface area contributed by atoms with Gasteiger partial charge in [-0.15, -0.1) is 0 Å². The lowest BCUT2D eigenvalue weighted by Crippen LogP contribution is -2.35. The molecule has 1 saturated heterocycles. The Bertz CT molecular complexity index is 1160. The van der Waals surface area contributed by atoms with Crippen LogP contribution in [-0.2, 0) is 20.9 Å². The molecule has 0 atom stereocenters. The molecule has 0 aromatic heterocycles. The molecule has 1 aliphatic heterocycles. The first kappa shape index (κ1) is 25.8. The average molecular weight is 500 g/mol. The Morgan fingerprint density at radius 1 is 1.06 bits per heavy atom. The molecule has 0 spiro atoms. The van der Waals surface area contributed by atoms with Gasteiger partial charge in [-0.3, -0.25) is 19.3 Å². The van der Waals surface area contributed by atoms with Crippen LogP contribution in [0.2, 0.25) is 0 Å². The van der Waals surface area contributed by atoms with E-state index in [1.807, 2.05) is 6.92 Å². The Morgan fingerprint density at radius 2 is 1.77 bits per heavy atom. The number of esters is 1. The van der Waals surface area contributed by atoms with Crippen LogP contribution in [0.3, 0.4) is 0 Å². The van der Waals surface area contributed by atoms with Gasteiger partial charge in [-0.25, -0.2) is 4.79 Å². The van der Waals surface area contributed by atoms with E-state index in [0.717, 1.165) is 22.2 Å². The van der Waals surface area contributed by atoms with Crippen LogP contribution in [0.5, 0.6) is 11.5 Å². The molecule has 3 rings (SSSR count). The smallest absolute Gasteiger partial charge is 0.335 e. The zero-order chi connectivity index (χ0) is 25.5. The number of carboxylic acids is 1. The molecule has 0 aliphatic carbocycles. The lowest BCUT2D eigenvalue weighted by Gasteiger charge is -2.13. The summed E-state index contributed by atoms with van der Waals surface area (Å²) in [4.78, 5) is 48.8. The van der Waals surface area contributed by atoms with Crippen molar-refractivity contribution < 1.29 is 38.5 Å². The maximum atomic E-state index is 12.7. The Kier molecular flexibility index (Phi) is 8.53. The van der Waals surface area contributed by atoms with E-state index >= 15 is 0 Å². The van der Waals surface area contributed by atoms with Crippen LogP contribution in [0.4, 0.5) is 4.79 Å². The van der Waals surface area contributed by atoms with Crippen LogP contribution < -0.4 is 9.47 Å². The number of nitrogens with zero attached hydrogens (tertiary/aromatic N) is 1. The number of carbonyl (C=O) groups is 4. The van der Waals surface area contributed by atoms with Crippen LogP contribution in [0.15, 0.2) is 47.4 Å². The second-order valence-electron chi connectivity index (χ2n) is 7.74. The van der Waals surface area contributed by atoms with Gasteiger partial charge in [0, 0.05) is 0 Å². The number of hydrogen-bond donors (Lipinski definition) is 1. The molecule has 0 radical (unpaired) electrons. The summed E-state index contributed by atoms with van der Waals surface area (Å²) in [6, 6.07) is 11.4. The van der Waals surface area contributed by atoms with Crippen molar-refractivity contribution in [3.8, 4) is 11.5 Å². The van der Waals surface area contributed by atoms with Crippen molar-refractivity contribution in [1.82, 2.24) is 4.90 Å². The molecule has 1 aliphatic rings. The van der Waals surface area contributed by atoms with E-state index in [4.69, 9.17) is 19.3 Å².